The van der Waals surface area contributed by atoms with E-state index in [1.54, 1.807) is 0 Å². The summed E-state index contributed by atoms with van der Waals surface area (Å²) in [7, 11) is 0. The Balaban J connectivity index is 0.00000364. The number of nitrogens with one attached hydrogen (secondary N) is 2. The standard InChI is InChI=1S/C20H34N4O2.HI/c1-3-21-20(22-13-18-11-8-12-24(18)4-2)23-14-19(25)16-26-15-17-9-6-5-7-10-17;/h5-7,9-10,18-19,25H,3-4,8,11-16H2,1-2H3,(H2,21,22,23);1H. The first-order chi connectivity index (χ1) is 12.7. The molecular weight excluding hydrogens is 455 g/mol. The highest BCUT2D eigenvalue weighted by Gasteiger charge is 2.22. The van der Waals surface area contributed by atoms with Gasteiger partial charge in [-0.05, 0) is 38.4 Å². The fraction of sp³-hybridized carbons (Fsp3) is 0.650. The Bertz CT molecular complexity index is 530. The molecule has 154 valence electrons. The van der Waals surface area contributed by atoms with Crippen molar-refractivity contribution >= 4 is 29.9 Å². The van der Waals surface area contributed by atoms with Crippen molar-refractivity contribution in [2.75, 3.05) is 39.3 Å². The van der Waals surface area contributed by atoms with E-state index < -0.39 is 6.10 Å². The summed E-state index contributed by atoms with van der Waals surface area (Å²) in [6.45, 7) is 9.35. The van der Waals surface area contributed by atoms with E-state index >= 15 is 0 Å². The van der Waals surface area contributed by atoms with E-state index in [9.17, 15) is 5.11 Å². The van der Waals surface area contributed by atoms with Gasteiger partial charge in [-0.25, -0.2) is 0 Å². The van der Waals surface area contributed by atoms with Crippen LogP contribution in [0.4, 0.5) is 0 Å². The number of aliphatic imine (C=N–C) groups is 1. The second-order valence-electron chi connectivity index (χ2n) is 6.68. The van der Waals surface area contributed by atoms with Gasteiger partial charge in [0.15, 0.2) is 5.96 Å². The van der Waals surface area contributed by atoms with Crippen molar-refractivity contribution < 1.29 is 9.84 Å². The molecule has 2 rings (SSSR count). The molecule has 0 amide bonds. The van der Waals surface area contributed by atoms with Crippen LogP contribution in [0.15, 0.2) is 35.3 Å². The van der Waals surface area contributed by atoms with Crippen molar-refractivity contribution in [3.8, 4) is 0 Å². The summed E-state index contributed by atoms with van der Waals surface area (Å²) in [5, 5.41) is 16.8. The number of likely N-dealkylation sites (tertiary alicyclic amines) is 1. The number of aliphatic hydroxyl groups excluding tert-OH is 1. The molecule has 0 radical (unpaired) electrons. The summed E-state index contributed by atoms with van der Waals surface area (Å²) in [5.74, 6) is 0.762. The van der Waals surface area contributed by atoms with Crippen LogP contribution in [0.3, 0.4) is 0 Å². The van der Waals surface area contributed by atoms with Crippen LogP contribution >= 0.6 is 24.0 Å². The number of likely N-dealkylation sites (N-methyl/N-ethyl adjacent to an activating group) is 1. The van der Waals surface area contributed by atoms with Crippen molar-refractivity contribution in [1.82, 2.24) is 15.5 Å². The predicted molar refractivity (Wildman–Crippen MR) is 122 cm³/mol. The predicted octanol–water partition coefficient (Wildman–Crippen LogP) is 2.22. The van der Waals surface area contributed by atoms with Crippen molar-refractivity contribution in [2.45, 2.75) is 45.4 Å². The van der Waals surface area contributed by atoms with Crippen molar-refractivity contribution in [3.05, 3.63) is 35.9 Å². The first-order valence-corrected chi connectivity index (χ1v) is 9.78. The molecule has 6 nitrogen and oxygen atoms in total. The molecule has 1 aliphatic rings. The van der Waals surface area contributed by atoms with E-state index in [1.165, 1.54) is 19.4 Å². The number of ether oxygens (including phenoxy) is 1. The highest BCUT2D eigenvalue weighted by molar-refractivity contribution is 14.0. The molecule has 0 aromatic heterocycles. The first-order valence-electron chi connectivity index (χ1n) is 9.78. The Kier molecular flexibility index (Phi) is 12.6. The maximum absolute atomic E-state index is 10.1. The Morgan fingerprint density at radius 3 is 2.78 bits per heavy atom. The summed E-state index contributed by atoms with van der Waals surface area (Å²) in [6, 6.07) is 10.5. The molecule has 1 aromatic rings. The highest BCUT2D eigenvalue weighted by atomic mass is 127. The molecular formula is C20H35IN4O2. The van der Waals surface area contributed by atoms with E-state index in [2.05, 4.69) is 27.4 Å². The topological polar surface area (TPSA) is 69.1 Å². The van der Waals surface area contributed by atoms with Gasteiger partial charge >= 0.3 is 0 Å². The lowest BCUT2D eigenvalue weighted by molar-refractivity contribution is 0.0331. The molecule has 3 N–H and O–H groups in total. The zero-order valence-electron chi connectivity index (χ0n) is 16.6. The SMILES string of the molecule is CCNC(=NCC(O)COCc1ccccc1)NCC1CCCN1CC.I. The van der Waals surface area contributed by atoms with Crippen LogP contribution in [-0.2, 0) is 11.3 Å². The van der Waals surface area contributed by atoms with E-state index in [0.717, 1.165) is 31.2 Å². The van der Waals surface area contributed by atoms with Crippen LogP contribution in [0.1, 0.15) is 32.3 Å². The van der Waals surface area contributed by atoms with Gasteiger partial charge in [0, 0.05) is 19.1 Å². The van der Waals surface area contributed by atoms with E-state index in [4.69, 9.17) is 4.74 Å². The van der Waals surface area contributed by atoms with Crippen molar-refractivity contribution in [1.29, 1.82) is 0 Å². The molecule has 0 saturated carbocycles. The molecule has 7 heteroatoms. The van der Waals surface area contributed by atoms with Crippen LogP contribution < -0.4 is 10.6 Å². The number of benzene rings is 1. The smallest absolute Gasteiger partial charge is 0.191 e. The second kappa shape index (κ2) is 14.1. The zero-order chi connectivity index (χ0) is 18.6. The van der Waals surface area contributed by atoms with Gasteiger partial charge < -0.3 is 20.5 Å². The summed E-state index contributed by atoms with van der Waals surface area (Å²) in [5.41, 5.74) is 1.11. The Labute approximate surface area is 180 Å². The van der Waals surface area contributed by atoms with E-state index in [-0.39, 0.29) is 30.6 Å². The number of hydrogen-bond acceptors (Lipinski definition) is 4. The van der Waals surface area contributed by atoms with Crippen LogP contribution in [0, 0.1) is 0 Å². The maximum atomic E-state index is 10.1. The van der Waals surface area contributed by atoms with Gasteiger partial charge in [-0.3, -0.25) is 9.89 Å². The fourth-order valence-corrected chi connectivity index (χ4v) is 3.24. The lowest BCUT2D eigenvalue weighted by Gasteiger charge is -2.24. The molecule has 0 spiro atoms. The van der Waals surface area contributed by atoms with Crippen LogP contribution in [-0.4, -0.2) is 67.4 Å². The lowest BCUT2D eigenvalue weighted by Crippen LogP contribution is -2.45. The minimum atomic E-state index is -0.604. The highest BCUT2D eigenvalue weighted by Crippen LogP contribution is 2.15. The van der Waals surface area contributed by atoms with Crippen molar-refractivity contribution in [2.24, 2.45) is 4.99 Å². The van der Waals surface area contributed by atoms with Gasteiger partial charge in [-0.2, -0.15) is 0 Å². The van der Waals surface area contributed by atoms with Gasteiger partial charge in [0.25, 0.3) is 0 Å². The molecule has 1 fully saturated rings. The van der Waals surface area contributed by atoms with Gasteiger partial charge in [0.2, 0.25) is 0 Å². The number of rotatable bonds is 10. The summed E-state index contributed by atoms with van der Waals surface area (Å²) >= 11 is 0. The Hall–Kier alpha value is -0.900. The van der Waals surface area contributed by atoms with Gasteiger partial charge in [0.05, 0.1) is 25.9 Å². The molecule has 27 heavy (non-hydrogen) atoms. The number of guanidine groups is 1. The molecule has 1 saturated heterocycles. The quantitative estimate of drug-likeness (QED) is 0.267. The minimum Gasteiger partial charge on any atom is -0.389 e. The minimum absolute atomic E-state index is 0. The molecule has 0 bridgehead atoms. The van der Waals surface area contributed by atoms with Gasteiger partial charge in [0.1, 0.15) is 0 Å². The Morgan fingerprint density at radius 2 is 2.07 bits per heavy atom. The number of hydrogen-bond donors (Lipinski definition) is 3. The molecule has 0 aliphatic carbocycles. The number of aliphatic hydroxyl groups is 1. The molecule has 1 heterocycles. The van der Waals surface area contributed by atoms with Crippen molar-refractivity contribution in [3.63, 3.8) is 0 Å². The second-order valence-corrected chi connectivity index (χ2v) is 6.68. The van der Waals surface area contributed by atoms with Crippen LogP contribution in [0.25, 0.3) is 0 Å². The van der Waals surface area contributed by atoms with E-state index in [1.807, 2.05) is 37.3 Å². The van der Waals surface area contributed by atoms with E-state index in [0.29, 0.717) is 19.2 Å². The number of halogens is 1. The third kappa shape index (κ3) is 9.23. The molecule has 2 unspecified atom stereocenters. The summed E-state index contributed by atoms with van der Waals surface area (Å²) < 4.78 is 5.58. The summed E-state index contributed by atoms with van der Waals surface area (Å²) in [6.07, 6.45) is 1.90. The maximum Gasteiger partial charge on any atom is 0.191 e. The zero-order valence-corrected chi connectivity index (χ0v) is 18.9. The third-order valence-electron chi connectivity index (χ3n) is 4.64. The fourth-order valence-electron chi connectivity index (χ4n) is 3.24. The average molecular weight is 490 g/mol. The largest absolute Gasteiger partial charge is 0.389 e. The Morgan fingerprint density at radius 1 is 1.30 bits per heavy atom. The lowest BCUT2D eigenvalue weighted by atomic mass is 10.2. The average Bonchev–Trinajstić information content (AvgIpc) is 3.12. The third-order valence-corrected chi connectivity index (χ3v) is 4.64. The molecule has 2 atom stereocenters. The van der Waals surface area contributed by atoms with Gasteiger partial charge in [-0.1, -0.05) is 37.3 Å². The van der Waals surface area contributed by atoms with Crippen LogP contribution in [0.2, 0.25) is 0 Å². The normalized spacial score (nSPS) is 18.8. The first kappa shape index (κ1) is 24.1. The summed E-state index contributed by atoms with van der Waals surface area (Å²) in [4.78, 5) is 7.00. The van der Waals surface area contributed by atoms with Crippen LogP contribution in [0.5, 0.6) is 0 Å². The van der Waals surface area contributed by atoms with Gasteiger partial charge in [-0.15, -0.1) is 24.0 Å². The molecule has 1 aromatic carbocycles. The monoisotopic (exact) mass is 490 g/mol. The molecule has 1 aliphatic heterocycles. The number of nitrogens with zero attached hydrogens (tertiary/aromatic N) is 2.